The maximum atomic E-state index is 12.0. The Morgan fingerprint density at radius 1 is 1.17 bits per heavy atom. The highest BCUT2D eigenvalue weighted by atomic mass is 79.9. The molecule has 2 amide bonds. The van der Waals surface area contributed by atoms with Crippen LogP contribution in [0.1, 0.15) is 12.5 Å². The van der Waals surface area contributed by atoms with Crippen molar-refractivity contribution in [1.29, 1.82) is 0 Å². The number of hydrogen-bond acceptors (Lipinski definition) is 3. The number of carbonyl (C=O) groups excluding carboxylic acids is 2. The summed E-state index contributed by atoms with van der Waals surface area (Å²) in [7, 11) is 0. The van der Waals surface area contributed by atoms with Crippen LogP contribution in [0.5, 0.6) is 5.75 Å². The monoisotopic (exact) mass is 410 g/mol. The Balaban J connectivity index is 1.82. The molecular formula is C17H16BrClN2O3. The average Bonchev–Trinajstić information content (AvgIpc) is 2.56. The average molecular weight is 412 g/mol. The first-order valence-corrected chi connectivity index (χ1v) is 8.37. The summed E-state index contributed by atoms with van der Waals surface area (Å²) in [5, 5.41) is 0.555. The van der Waals surface area contributed by atoms with Gasteiger partial charge in [-0.15, -0.1) is 0 Å². The third-order valence-corrected chi connectivity index (χ3v) is 3.95. The molecule has 0 saturated carbocycles. The van der Waals surface area contributed by atoms with E-state index in [1.807, 2.05) is 30.3 Å². The second-order valence-corrected chi connectivity index (χ2v) is 6.33. The van der Waals surface area contributed by atoms with Gasteiger partial charge in [-0.25, -0.2) is 0 Å². The molecule has 0 bridgehead atoms. The molecule has 2 aromatic carbocycles. The van der Waals surface area contributed by atoms with E-state index in [-0.39, 0.29) is 12.3 Å². The van der Waals surface area contributed by atoms with Gasteiger partial charge >= 0.3 is 0 Å². The summed E-state index contributed by atoms with van der Waals surface area (Å²) >= 11 is 9.17. The van der Waals surface area contributed by atoms with Crippen molar-refractivity contribution in [1.82, 2.24) is 10.9 Å². The van der Waals surface area contributed by atoms with E-state index in [0.717, 1.165) is 5.56 Å². The van der Waals surface area contributed by atoms with E-state index in [1.165, 1.54) is 0 Å². The van der Waals surface area contributed by atoms with Gasteiger partial charge in [-0.1, -0.05) is 41.9 Å². The molecular weight excluding hydrogens is 396 g/mol. The predicted molar refractivity (Wildman–Crippen MR) is 95.7 cm³/mol. The normalized spacial score (nSPS) is 11.5. The van der Waals surface area contributed by atoms with Crippen LogP contribution in [0.15, 0.2) is 53.0 Å². The summed E-state index contributed by atoms with van der Waals surface area (Å²) in [6, 6.07) is 14.2. The molecule has 24 heavy (non-hydrogen) atoms. The van der Waals surface area contributed by atoms with Crippen molar-refractivity contribution in [3.05, 3.63) is 63.6 Å². The van der Waals surface area contributed by atoms with E-state index >= 15 is 0 Å². The minimum atomic E-state index is -0.792. The largest absolute Gasteiger partial charge is 0.480 e. The first-order valence-electron chi connectivity index (χ1n) is 7.20. The molecule has 0 aliphatic heterocycles. The third-order valence-electron chi connectivity index (χ3n) is 3.10. The quantitative estimate of drug-likeness (QED) is 0.742. The van der Waals surface area contributed by atoms with Crippen LogP contribution in [0.4, 0.5) is 0 Å². The zero-order valence-electron chi connectivity index (χ0n) is 12.9. The highest BCUT2D eigenvalue weighted by Gasteiger charge is 2.16. The van der Waals surface area contributed by atoms with Crippen LogP contribution in [0.3, 0.4) is 0 Å². The van der Waals surface area contributed by atoms with E-state index in [1.54, 1.807) is 25.1 Å². The smallest absolute Gasteiger partial charge is 0.279 e. The summed E-state index contributed by atoms with van der Waals surface area (Å²) in [4.78, 5) is 23.8. The first-order chi connectivity index (χ1) is 11.5. The molecule has 7 heteroatoms. The van der Waals surface area contributed by atoms with Crippen LogP contribution in [0.2, 0.25) is 5.02 Å². The molecule has 0 aliphatic rings. The molecule has 0 saturated heterocycles. The standard InChI is InChI=1S/C17H16BrClN2O3/c1-11(24-15-8-7-13(19)10-14(15)18)17(23)21-20-16(22)9-12-5-3-2-4-6-12/h2-8,10-11H,9H2,1H3,(H,20,22)(H,21,23)/t11-/m0/s1. The molecule has 0 heterocycles. The van der Waals surface area contributed by atoms with Crippen LogP contribution in [0, 0.1) is 0 Å². The molecule has 126 valence electrons. The van der Waals surface area contributed by atoms with Gasteiger partial charge in [0.2, 0.25) is 5.91 Å². The predicted octanol–water partition coefficient (Wildman–Crippen LogP) is 3.26. The van der Waals surface area contributed by atoms with Crippen molar-refractivity contribution in [2.45, 2.75) is 19.4 Å². The molecule has 0 aliphatic carbocycles. The fourth-order valence-electron chi connectivity index (χ4n) is 1.87. The summed E-state index contributed by atoms with van der Waals surface area (Å²) in [6.45, 7) is 1.58. The number of benzene rings is 2. The fraction of sp³-hybridized carbons (Fsp3) is 0.176. The Kier molecular flexibility index (Phi) is 6.63. The third kappa shape index (κ3) is 5.54. The fourth-order valence-corrected chi connectivity index (χ4v) is 2.65. The van der Waals surface area contributed by atoms with Gasteiger partial charge in [0.1, 0.15) is 5.75 Å². The van der Waals surface area contributed by atoms with E-state index < -0.39 is 12.0 Å². The Labute approximate surface area is 153 Å². The van der Waals surface area contributed by atoms with Gasteiger partial charge < -0.3 is 4.74 Å². The molecule has 1 atom stereocenters. The van der Waals surface area contributed by atoms with Crippen molar-refractivity contribution >= 4 is 39.3 Å². The maximum absolute atomic E-state index is 12.0. The van der Waals surface area contributed by atoms with Gasteiger partial charge in [0.05, 0.1) is 10.9 Å². The molecule has 0 spiro atoms. The number of halogens is 2. The SMILES string of the molecule is C[C@H](Oc1ccc(Cl)cc1Br)C(=O)NNC(=O)Cc1ccccc1. The van der Waals surface area contributed by atoms with Gasteiger partial charge in [-0.2, -0.15) is 0 Å². The van der Waals surface area contributed by atoms with Gasteiger partial charge in [-0.05, 0) is 46.6 Å². The van der Waals surface area contributed by atoms with E-state index in [0.29, 0.717) is 15.2 Å². The van der Waals surface area contributed by atoms with Crippen LogP contribution in [-0.4, -0.2) is 17.9 Å². The van der Waals surface area contributed by atoms with Gasteiger partial charge in [0.15, 0.2) is 6.10 Å². The molecule has 0 radical (unpaired) electrons. The summed E-state index contributed by atoms with van der Waals surface area (Å²) in [6.07, 6.45) is -0.612. The van der Waals surface area contributed by atoms with Gasteiger partial charge in [0, 0.05) is 5.02 Å². The second-order valence-electron chi connectivity index (χ2n) is 5.03. The Morgan fingerprint density at radius 3 is 2.54 bits per heavy atom. The zero-order valence-corrected chi connectivity index (χ0v) is 15.2. The van der Waals surface area contributed by atoms with Crippen LogP contribution in [0.25, 0.3) is 0 Å². The number of hydrogen-bond donors (Lipinski definition) is 2. The van der Waals surface area contributed by atoms with Crippen molar-refractivity contribution in [2.75, 3.05) is 0 Å². The Hall–Kier alpha value is -2.05. The minimum absolute atomic E-state index is 0.180. The summed E-state index contributed by atoms with van der Waals surface area (Å²) < 4.78 is 6.19. The maximum Gasteiger partial charge on any atom is 0.279 e. The molecule has 2 N–H and O–H groups in total. The number of carbonyl (C=O) groups is 2. The first kappa shape index (κ1) is 18.3. The van der Waals surface area contributed by atoms with Crippen molar-refractivity contribution in [3.63, 3.8) is 0 Å². The summed E-state index contributed by atoms with van der Waals surface area (Å²) in [5.74, 6) is -0.287. The molecule has 2 rings (SSSR count). The topological polar surface area (TPSA) is 67.4 Å². The molecule has 0 aromatic heterocycles. The lowest BCUT2D eigenvalue weighted by atomic mass is 10.1. The van der Waals surface area contributed by atoms with Crippen molar-refractivity contribution < 1.29 is 14.3 Å². The molecule has 0 unspecified atom stereocenters. The number of nitrogens with one attached hydrogen (secondary N) is 2. The number of hydrazine groups is 1. The molecule has 2 aromatic rings. The van der Waals surface area contributed by atoms with Crippen LogP contribution < -0.4 is 15.6 Å². The number of amides is 2. The molecule has 0 fully saturated rings. The Bertz CT molecular complexity index is 725. The van der Waals surface area contributed by atoms with Gasteiger partial charge in [-0.3, -0.25) is 20.4 Å². The zero-order chi connectivity index (χ0) is 17.5. The highest BCUT2D eigenvalue weighted by molar-refractivity contribution is 9.10. The minimum Gasteiger partial charge on any atom is -0.480 e. The second kappa shape index (κ2) is 8.70. The highest BCUT2D eigenvalue weighted by Crippen LogP contribution is 2.28. The lowest BCUT2D eigenvalue weighted by molar-refractivity contribution is -0.132. The summed E-state index contributed by atoms with van der Waals surface area (Å²) in [5.41, 5.74) is 5.58. The lowest BCUT2D eigenvalue weighted by Gasteiger charge is -2.16. The number of rotatable bonds is 5. The number of ether oxygens (including phenoxy) is 1. The van der Waals surface area contributed by atoms with Crippen molar-refractivity contribution in [3.8, 4) is 5.75 Å². The van der Waals surface area contributed by atoms with Crippen LogP contribution in [-0.2, 0) is 16.0 Å². The van der Waals surface area contributed by atoms with Crippen molar-refractivity contribution in [2.24, 2.45) is 0 Å². The molecule has 5 nitrogen and oxygen atoms in total. The van der Waals surface area contributed by atoms with E-state index in [4.69, 9.17) is 16.3 Å². The Morgan fingerprint density at radius 2 is 1.88 bits per heavy atom. The van der Waals surface area contributed by atoms with E-state index in [9.17, 15) is 9.59 Å². The van der Waals surface area contributed by atoms with Crippen LogP contribution >= 0.6 is 27.5 Å². The van der Waals surface area contributed by atoms with E-state index in [2.05, 4.69) is 26.8 Å². The van der Waals surface area contributed by atoms with Gasteiger partial charge in [0.25, 0.3) is 5.91 Å². The lowest BCUT2D eigenvalue weighted by Crippen LogP contribution is -2.47.